The van der Waals surface area contributed by atoms with Crippen LogP contribution in [-0.4, -0.2) is 13.2 Å². The third-order valence-corrected chi connectivity index (χ3v) is 6.65. The lowest BCUT2D eigenvalue weighted by molar-refractivity contribution is 0.306. The van der Waals surface area contributed by atoms with E-state index in [0.717, 1.165) is 70.9 Å². The largest absolute Gasteiger partial charge is 0.494 e. The summed E-state index contributed by atoms with van der Waals surface area (Å²) in [4.78, 5) is 0. The van der Waals surface area contributed by atoms with Crippen molar-refractivity contribution in [2.24, 2.45) is 0 Å². The topological polar surface area (TPSA) is 18.5 Å². The van der Waals surface area contributed by atoms with Gasteiger partial charge in [0.05, 0.1) is 13.2 Å². The van der Waals surface area contributed by atoms with Gasteiger partial charge < -0.3 is 9.47 Å². The molecule has 4 aromatic rings. The number of benzene rings is 4. The fourth-order valence-electron chi connectivity index (χ4n) is 4.27. The molecule has 0 saturated carbocycles. The summed E-state index contributed by atoms with van der Waals surface area (Å²) < 4.78 is 11.6. The molecule has 0 fully saturated rings. The Hall–Kier alpha value is -4.40. The van der Waals surface area contributed by atoms with Gasteiger partial charge in [-0.15, -0.1) is 0 Å². The summed E-state index contributed by atoms with van der Waals surface area (Å²) in [6.07, 6.45) is 7.02. The van der Waals surface area contributed by atoms with Crippen molar-refractivity contribution in [3.63, 3.8) is 0 Å². The molecule has 0 aliphatic carbocycles. The van der Waals surface area contributed by atoms with Gasteiger partial charge in [-0.05, 0) is 95.5 Å². The first-order valence-corrected chi connectivity index (χ1v) is 14.4. The zero-order chi connectivity index (χ0) is 27.8. The van der Waals surface area contributed by atoms with E-state index in [4.69, 9.17) is 9.47 Å². The Morgan fingerprint density at radius 2 is 0.750 bits per heavy atom. The van der Waals surface area contributed by atoms with Crippen LogP contribution in [0.25, 0.3) is 22.3 Å². The molecular formula is C38H38O2. The Bertz CT molecular complexity index is 1310. The molecule has 2 nitrogen and oxygen atoms in total. The second kappa shape index (κ2) is 15.9. The van der Waals surface area contributed by atoms with Crippen LogP contribution in [0.2, 0.25) is 0 Å². The molecule has 40 heavy (non-hydrogen) atoms. The summed E-state index contributed by atoms with van der Waals surface area (Å²) in [5.74, 6) is 14.1. The molecule has 0 radical (unpaired) electrons. The van der Waals surface area contributed by atoms with Gasteiger partial charge in [0, 0.05) is 11.1 Å². The van der Waals surface area contributed by atoms with Gasteiger partial charge in [0.2, 0.25) is 0 Å². The average Bonchev–Trinajstić information content (AvgIpc) is 3.01. The van der Waals surface area contributed by atoms with Crippen LogP contribution in [0.4, 0.5) is 0 Å². The van der Waals surface area contributed by atoms with Crippen molar-refractivity contribution in [1.29, 1.82) is 0 Å². The van der Waals surface area contributed by atoms with Crippen LogP contribution in [0.5, 0.6) is 11.5 Å². The van der Waals surface area contributed by atoms with Gasteiger partial charge in [0.1, 0.15) is 11.5 Å². The van der Waals surface area contributed by atoms with E-state index < -0.39 is 0 Å². The maximum atomic E-state index is 5.82. The Morgan fingerprint density at radius 3 is 1.07 bits per heavy atom. The summed E-state index contributed by atoms with van der Waals surface area (Å²) in [5.41, 5.74) is 6.53. The molecule has 0 amide bonds. The molecule has 4 rings (SSSR count). The highest BCUT2D eigenvalue weighted by Gasteiger charge is 2.01. The summed E-state index contributed by atoms with van der Waals surface area (Å²) in [6.45, 7) is 5.95. The van der Waals surface area contributed by atoms with Gasteiger partial charge in [0.15, 0.2) is 0 Å². The summed E-state index contributed by atoms with van der Waals surface area (Å²) in [5, 5.41) is 0. The van der Waals surface area contributed by atoms with Crippen molar-refractivity contribution in [3.8, 4) is 57.4 Å². The quantitative estimate of drug-likeness (QED) is 0.135. The van der Waals surface area contributed by atoms with Crippen molar-refractivity contribution >= 4 is 0 Å². The van der Waals surface area contributed by atoms with Crippen LogP contribution in [0.15, 0.2) is 97.1 Å². The number of unbranched alkanes of at least 4 members (excludes halogenated alkanes) is 4. The Morgan fingerprint density at radius 1 is 0.425 bits per heavy atom. The fourth-order valence-corrected chi connectivity index (χ4v) is 4.27. The monoisotopic (exact) mass is 526 g/mol. The Labute approximate surface area is 240 Å². The molecule has 4 aromatic carbocycles. The minimum atomic E-state index is 0.776. The first kappa shape index (κ1) is 28.6. The van der Waals surface area contributed by atoms with Crippen LogP contribution in [0.1, 0.15) is 63.5 Å². The summed E-state index contributed by atoms with van der Waals surface area (Å²) in [6, 6.07) is 33.1. The van der Waals surface area contributed by atoms with E-state index in [9.17, 15) is 0 Å². The summed E-state index contributed by atoms with van der Waals surface area (Å²) >= 11 is 0. The van der Waals surface area contributed by atoms with E-state index in [-0.39, 0.29) is 0 Å². The highest BCUT2D eigenvalue weighted by atomic mass is 16.5. The zero-order valence-corrected chi connectivity index (χ0v) is 23.7. The van der Waals surface area contributed by atoms with Crippen LogP contribution in [0, 0.1) is 23.7 Å². The van der Waals surface area contributed by atoms with E-state index in [1.165, 1.54) is 25.7 Å². The molecule has 0 aliphatic heterocycles. The molecule has 0 N–H and O–H groups in total. The van der Waals surface area contributed by atoms with Gasteiger partial charge in [-0.3, -0.25) is 0 Å². The van der Waals surface area contributed by atoms with Gasteiger partial charge in [-0.25, -0.2) is 0 Å². The van der Waals surface area contributed by atoms with Crippen molar-refractivity contribution < 1.29 is 9.47 Å². The third-order valence-electron chi connectivity index (χ3n) is 6.65. The predicted molar refractivity (Wildman–Crippen MR) is 168 cm³/mol. The van der Waals surface area contributed by atoms with Gasteiger partial charge >= 0.3 is 0 Å². The van der Waals surface area contributed by atoms with Crippen molar-refractivity contribution in [3.05, 3.63) is 108 Å². The highest BCUT2D eigenvalue weighted by Crippen LogP contribution is 2.24. The fraction of sp³-hybridized carbons (Fsp3) is 0.263. The molecule has 0 bridgehead atoms. The normalized spacial score (nSPS) is 10.2. The molecule has 0 saturated heterocycles. The number of hydrogen-bond acceptors (Lipinski definition) is 2. The van der Waals surface area contributed by atoms with E-state index >= 15 is 0 Å². The van der Waals surface area contributed by atoms with Crippen LogP contribution >= 0.6 is 0 Å². The molecular weight excluding hydrogens is 488 g/mol. The summed E-state index contributed by atoms with van der Waals surface area (Å²) in [7, 11) is 0. The molecule has 2 heteroatoms. The first-order chi connectivity index (χ1) is 19.7. The Kier molecular flexibility index (Phi) is 11.4. The van der Waals surface area contributed by atoms with Gasteiger partial charge in [-0.1, -0.05) is 99.9 Å². The molecule has 0 atom stereocenters. The van der Waals surface area contributed by atoms with Gasteiger partial charge in [-0.2, -0.15) is 0 Å². The molecule has 0 heterocycles. The lowest BCUT2D eigenvalue weighted by Gasteiger charge is -2.07. The average molecular weight is 527 g/mol. The lowest BCUT2D eigenvalue weighted by Crippen LogP contribution is -1.96. The maximum Gasteiger partial charge on any atom is 0.119 e. The van der Waals surface area contributed by atoms with Crippen molar-refractivity contribution in [1.82, 2.24) is 0 Å². The SMILES string of the molecule is CCCCCOc1ccc(-c2ccc(C#CC#Cc3ccc(-c4ccc(OCCCCC)cc4)cc3)cc2)cc1. The molecule has 0 unspecified atom stereocenters. The van der Waals surface area contributed by atoms with Crippen LogP contribution in [-0.2, 0) is 0 Å². The molecule has 0 aromatic heterocycles. The van der Waals surface area contributed by atoms with Crippen LogP contribution < -0.4 is 9.47 Å². The third kappa shape index (κ3) is 9.11. The number of ether oxygens (including phenoxy) is 2. The van der Waals surface area contributed by atoms with Crippen LogP contribution in [0.3, 0.4) is 0 Å². The van der Waals surface area contributed by atoms with Gasteiger partial charge in [0.25, 0.3) is 0 Å². The minimum absolute atomic E-state index is 0.776. The Balaban J connectivity index is 1.28. The molecule has 0 aliphatic rings. The lowest BCUT2D eigenvalue weighted by atomic mass is 10.0. The minimum Gasteiger partial charge on any atom is -0.494 e. The number of hydrogen-bond donors (Lipinski definition) is 0. The maximum absolute atomic E-state index is 5.82. The molecule has 0 spiro atoms. The van der Waals surface area contributed by atoms with E-state index in [0.29, 0.717) is 0 Å². The van der Waals surface area contributed by atoms with Crippen molar-refractivity contribution in [2.75, 3.05) is 13.2 Å². The smallest absolute Gasteiger partial charge is 0.119 e. The predicted octanol–water partition coefficient (Wildman–Crippen LogP) is 9.56. The highest BCUT2D eigenvalue weighted by molar-refractivity contribution is 5.66. The second-order valence-electron chi connectivity index (χ2n) is 9.81. The second-order valence-corrected chi connectivity index (χ2v) is 9.81. The van der Waals surface area contributed by atoms with Crippen molar-refractivity contribution in [2.45, 2.75) is 52.4 Å². The number of rotatable bonds is 12. The first-order valence-electron chi connectivity index (χ1n) is 14.4. The zero-order valence-electron chi connectivity index (χ0n) is 23.7. The van der Waals surface area contributed by atoms with E-state index in [2.05, 4.69) is 86.1 Å². The van der Waals surface area contributed by atoms with E-state index in [1.807, 2.05) is 48.5 Å². The molecule has 202 valence electrons. The van der Waals surface area contributed by atoms with E-state index in [1.54, 1.807) is 0 Å². The standard InChI is InChI=1S/C38H38O2/c1-3-5-9-29-39-37-25-21-35(22-26-37)33-17-13-31(14-18-33)11-7-8-12-32-15-19-34(20-16-32)36-23-27-38(28-24-36)40-30-10-6-4-2/h13-28H,3-6,9-10,29-30H2,1-2H3.